The first-order valence-corrected chi connectivity index (χ1v) is 5.87. The lowest BCUT2D eigenvalue weighted by molar-refractivity contribution is -0.137. The van der Waals surface area contributed by atoms with Crippen LogP contribution in [-0.2, 0) is 6.18 Å². The van der Waals surface area contributed by atoms with Crippen molar-refractivity contribution in [2.24, 2.45) is 0 Å². The van der Waals surface area contributed by atoms with E-state index < -0.39 is 17.8 Å². The summed E-state index contributed by atoms with van der Waals surface area (Å²) in [5, 5.41) is 11.6. The van der Waals surface area contributed by atoms with Gasteiger partial charge in [-0.1, -0.05) is 12.1 Å². The van der Waals surface area contributed by atoms with Gasteiger partial charge in [-0.2, -0.15) is 18.4 Å². The second kappa shape index (κ2) is 5.29. The largest absolute Gasteiger partial charge is 0.418 e. The van der Waals surface area contributed by atoms with Crippen LogP contribution in [0.1, 0.15) is 5.56 Å². The number of likely N-dealkylation sites (N-methyl/N-ethyl adjacent to an activating group) is 1. The molecule has 0 spiro atoms. The van der Waals surface area contributed by atoms with Crippen molar-refractivity contribution in [2.45, 2.75) is 12.2 Å². The van der Waals surface area contributed by atoms with Crippen LogP contribution >= 0.6 is 0 Å². The molecule has 0 amide bonds. The van der Waals surface area contributed by atoms with Gasteiger partial charge in [-0.05, 0) is 30.5 Å². The summed E-state index contributed by atoms with van der Waals surface area (Å²) < 4.78 is 39.0. The predicted octanol–water partition coefficient (Wildman–Crippen LogP) is 3.03. The molecular formula is C14H12F3N3. The molecule has 0 saturated carbocycles. The summed E-state index contributed by atoms with van der Waals surface area (Å²) in [7, 11) is 1.54. The first-order chi connectivity index (χ1) is 9.43. The van der Waals surface area contributed by atoms with Gasteiger partial charge in [0.1, 0.15) is 6.04 Å². The number of nitrogens with one attached hydrogen (secondary N) is 1. The Kier molecular flexibility index (Phi) is 3.70. The van der Waals surface area contributed by atoms with E-state index in [1.54, 1.807) is 31.5 Å². The molecule has 1 aromatic carbocycles. The van der Waals surface area contributed by atoms with Crippen LogP contribution in [0.15, 0.2) is 48.3 Å². The fourth-order valence-electron chi connectivity index (χ4n) is 1.95. The highest BCUT2D eigenvalue weighted by molar-refractivity contribution is 5.60. The van der Waals surface area contributed by atoms with E-state index in [-0.39, 0.29) is 5.69 Å². The molecule has 3 nitrogen and oxygen atoms in total. The zero-order valence-electron chi connectivity index (χ0n) is 10.6. The highest BCUT2D eigenvalue weighted by atomic mass is 19.4. The lowest BCUT2D eigenvalue weighted by Crippen LogP contribution is -2.28. The molecule has 0 radical (unpaired) electrons. The number of hydrogen-bond donors (Lipinski definition) is 1. The normalized spacial score (nSPS) is 17.9. The number of dihydropyridines is 1. The summed E-state index contributed by atoms with van der Waals surface area (Å²) in [4.78, 5) is 1.42. The van der Waals surface area contributed by atoms with Gasteiger partial charge in [0.15, 0.2) is 0 Å². The van der Waals surface area contributed by atoms with E-state index in [1.165, 1.54) is 17.0 Å². The van der Waals surface area contributed by atoms with Crippen molar-refractivity contribution in [2.75, 3.05) is 11.9 Å². The maximum Gasteiger partial charge on any atom is 0.418 e. The first-order valence-electron chi connectivity index (χ1n) is 5.87. The minimum Gasteiger partial charge on any atom is -0.373 e. The SMILES string of the molecule is CN(C1=CC(C#N)NC=C1)c1ccccc1C(F)(F)F. The number of benzene rings is 1. The standard InChI is InChI=1S/C14H12F3N3/c1-20(11-6-7-19-10(8-11)9-18)13-5-3-2-4-12(13)14(15,16)17/h2-8,10,19H,1H3. The summed E-state index contributed by atoms with van der Waals surface area (Å²) in [5.41, 5.74) is -0.120. The number of nitrogens with zero attached hydrogens (tertiary/aromatic N) is 2. The molecule has 1 aliphatic rings. The van der Waals surface area contributed by atoms with Crippen molar-refractivity contribution in [3.8, 4) is 6.07 Å². The van der Waals surface area contributed by atoms with Gasteiger partial charge < -0.3 is 10.2 Å². The molecule has 1 aromatic rings. The minimum atomic E-state index is -4.42. The van der Waals surface area contributed by atoms with Gasteiger partial charge in [0, 0.05) is 12.7 Å². The molecule has 6 heteroatoms. The minimum absolute atomic E-state index is 0.0505. The molecule has 0 aliphatic carbocycles. The van der Waals surface area contributed by atoms with Crippen molar-refractivity contribution in [1.82, 2.24) is 5.32 Å². The van der Waals surface area contributed by atoms with E-state index in [1.807, 2.05) is 6.07 Å². The monoisotopic (exact) mass is 279 g/mol. The van der Waals surface area contributed by atoms with Gasteiger partial charge in [0.2, 0.25) is 0 Å². The lowest BCUT2D eigenvalue weighted by atomic mass is 10.1. The van der Waals surface area contributed by atoms with Crippen molar-refractivity contribution in [3.05, 3.63) is 53.9 Å². The van der Waals surface area contributed by atoms with E-state index >= 15 is 0 Å². The lowest BCUT2D eigenvalue weighted by Gasteiger charge is -2.26. The van der Waals surface area contributed by atoms with E-state index in [0.717, 1.165) is 6.07 Å². The molecule has 1 aliphatic heterocycles. The Hall–Kier alpha value is -2.42. The molecular weight excluding hydrogens is 267 g/mol. The smallest absolute Gasteiger partial charge is 0.373 e. The number of para-hydroxylation sites is 1. The Morgan fingerprint density at radius 1 is 1.30 bits per heavy atom. The van der Waals surface area contributed by atoms with E-state index in [9.17, 15) is 13.2 Å². The molecule has 1 unspecified atom stereocenters. The average molecular weight is 279 g/mol. The van der Waals surface area contributed by atoms with Gasteiger partial charge in [-0.15, -0.1) is 0 Å². The summed E-state index contributed by atoms with van der Waals surface area (Å²) in [6.07, 6.45) is 0.334. The molecule has 1 atom stereocenters. The molecule has 2 rings (SSSR count). The third-order valence-corrected chi connectivity index (χ3v) is 2.96. The Labute approximate surface area is 114 Å². The fourth-order valence-corrected chi connectivity index (χ4v) is 1.95. The van der Waals surface area contributed by atoms with Crippen LogP contribution in [-0.4, -0.2) is 13.1 Å². The Bertz CT molecular complexity index is 596. The molecule has 1 heterocycles. The van der Waals surface area contributed by atoms with Gasteiger partial charge in [-0.25, -0.2) is 0 Å². The van der Waals surface area contributed by atoms with Crippen LogP contribution < -0.4 is 10.2 Å². The van der Waals surface area contributed by atoms with Crippen molar-refractivity contribution < 1.29 is 13.2 Å². The summed E-state index contributed by atoms with van der Waals surface area (Å²) in [6, 6.07) is 6.80. The molecule has 0 bridgehead atoms. The predicted molar refractivity (Wildman–Crippen MR) is 69.6 cm³/mol. The van der Waals surface area contributed by atoms with Crippen LogP contribution in [0.3, 0.4) is 0 Å². The summed E-state index contributed by atoms with van der Waals surface area (Å²) in [5.74, 6) is 0. The zero-order chi connectivity index (χ0) is 14.8. The number of nitriles is 1. The molecule has 1 N–H and O–H groups in total. The van der Waals surface area contributed by atoms with E-state index in [0.29, 0.717) is 5.70 Å². The van der Waals surface area contributed by atoms with Gasteiger partial charge in [-0.3, -0.25) is 0 Å². The number of hydrogen-bond acceptors (Lipinski definition) is 3. The Morgan fingerprint density at radius 3 is 2.65 bits per heavy atom. The highest BCUT2D eigenvalue weighted by Crippen LogP contribution is 2.37. The van der Waals surface area contributed by atoms with Crippen LogP contribution in [0.5, 0.6) is 0 Å². The number of rotatable bonds is 2. The molecule has 0 saturated heterocycles. The topological polar surface area (TPSA) is 39.1 Å². The van der Waals surface area contributed by atoms with E-state index in [4.69, 9.17) is 5.26 Å². The Balaban J connectivity index is 2.40. The van der Waals surface area contributed by atoms with Gasteiger partial charge >= 0.3 is 6.18 Å². The molecule has 0 fully saturated rings. The summed E-state index contributed by atoms with van der Waals surface area (Å²) >= 11 is 0. The molecule has 104 valence electrons. The second-order valence-corrected chi connectivity index (χ2v) is 4.27. The van der Waals surface area contributed by atoms with Crippen LogP contribution in [0, 0.1) is 11.3 Å². The quantitative estimate of drug-likeness (QED) is 0.904. The maximum absolute atomic E-state index is 13.0. The second-order valence-electron chi connectivity index (χ2n) is 4.27. The number of allylic oxidation sites excluding steroid dienone is 1. The number of anilines is 1. The van der Waals surface area contributed by atoms with Crippen LogP contribution in [0.2, 0.25) is 0 Å². The fraction of sp³-hybridized carbons (Fsp3) is 0.214. The third-order valence-electron chi connectivity index (χ3n) is 2.96. The van der Waals surface area contributed by atoms with E-state index in [2.05, 4.69) is 5.32 Å². The van der Waals surface area contributed by atoms with Crippen molar-refractivity contribution in [3.63, 3.8) is 0 Å². The molecule has 0 aromatic heterocycles. The molecule has 20 heavy (non-hydrogen) atoms. The van der Waals surface area contributed by atoms with Crippen molar-refractivity contribution >= 4 is 5.69 Å². The number of alkyl halides is 3. The van der Waals surface area contributed by atoms with Crippen LogP contribution in [0.4, 0.5) is 18.9 Å². The van der Waals surface area contributed by atoms with Gasteiger partial charge in [0.25, 0.3) is 0 Å². The van der Waals surface area contributed by atoms with Crippen molar-refractivity contribution in [1.29, 1.82) is 5.26 Å². The maximum atomic E-state index is 13.0. The summed E-state index contributed by atoms with van der Waals surface area (Å²) in [6.45, 7) is 0. The Morgan fingerprint density at radius 2 is 2.00 bits per heavy atom. The van der Waals surface area contributed by atoms with Gasteiger partial charge in [0.05, 0.1) is 17.3 Å². The highest BCUT2D eigenvalue weighted by Gasteiger charge is 2.34. The first kappa shape index (κ1) is 14.0. The average Bonchev–Trinajstić information content (AvgIpc) is 2.45. The third kappa shape index (κ3) is 2.77. The van der Waals surface area contributed by atoms with Crippen LogP contribution in [0.25, 0.3) is 0 Å². The number of halogens is 3. The zero-order valence-corrected chi connectivity index (χ0v) is 10.6.